The van der Waals surface area contributed by atoms with Crippen LogP contribution in [0.3, 0.4) is 0 Å². The molecule has 0 atom stereocenters. The van der Waals surface area contributed by atoms with Crippen molar-refractivity contribution < 1.29 is 9.53 Å². The van der Waals surface area contributed by atoms with Crippen molar-refractivity contribution >= 4 is 11.7 Å². The predicted octanol–water partition coefficient (Wildman–Crippen LogP) is 0.900. The summed E-state index contributed by atoms with van der Waals surface area (Å²) >= 11 is 0. The molecule has 6 nitrogen and oxygen atoms in total. The molecule has 2 fully saturated rings. The Morgan fingerprint density at radius 1 is 1.35 bits per heavy atom. The molecule has 0 saturated carbocycles. The molecule has 0 radical (unpaired) electrons. The number of rotatable bonds is 2. The van der Waals surface area contributed by atoms with Gasteiger partial charge in [0.05, 0.1) is 7.11 Å². The van der Waals surface area contributed by atoms with Crippen LogP contribution in [0.5, 0.6) is 6.01 Å². The molecule has 108 valence electrons. The maximum atomic E-state index is 11.4. The fourth-order valence-electron chi connectivity index (χ4n) is 3.09. The number of nitrogens with one attached hydrogen (secondary N) is 1. The molecule has 2 aliphatic heterocycles. The lowest BCUT2D eigenvalue weighted by Crippen LogP contribution is -2.41. The van der Waals surface area contributed by atoms with Gasteiger partial charge < -0.3 is 15.0 Å². The molecule has 1 spiro atoms. The zero-order valence-corrected chi connectivity index (χ0v) is 12.0. The third-order valence-electron chi connectivity index (χ3n) is 4.35. The van der Waals surface area contributed by atoms with Crippen LogP contribution in [0.15, 0.2) is 6.07 Å². The minimum Gasteiger partial charge on any atom is -0.467 e. The average molecular weight is 276 g/mol. The Balaban J connectivity index is 1.72. The van der Waals surface area contributed by atoms with Crippen molar-refractivity contribution in [3.8, 4) is 6.01 Å². The number of amides is 1. The van der Waals surface area contributed by atoms with Crippen molar-refractivity contribution in [1.29, 1.82) is 0 Å². The molecule has 2 saturated heterocycles. The van der Waals surface area contributed by atoms with Gasteiger partial charge in [0.1, 0.15) is 5.82 Å². The third kappa shape index (κ3) is 2.42. The van der Waals surface area contributed by atoms with Crippen LogP contribution in [0, 0.1) is 12.3 Å². The van der Waals surface area contributed by atoms with Gasteiger partial charge in [0.15, 0.2) is 0 Å². The van der Waals surface area contributed by atoms with Crippen molar-refractivity contribution in [1.82, 2.24) is 15.3 Å². The normalized spacial score (nSPS) is 21.1. The summed E-state index contributed by atoms with van der Waals surface area (Å²) in [5, 5.41) is 2.96. The molecule has 20 heavy (non-hydrogen) atoms. The quantitative estimate of drug-likeness (QED) is 0.869. The number of aryl methyl sites for hydroxylation is 1. The van der Waals surface area contributed by atoms with Crippen LogP contribution in [0.2, 0.25) is 0 Å². The lowest BCUT2D eigenvalue weighted by atomic mass is 9.78. The standard InChI is InChI=1S/C14H20N4O2/c1-10-7-11(17-13(16-10)20-2)18-5-3-14(4-6-18)8-12(19)15-9-14/h7H,3-6,8-9H2,1-2H3,(H,15,19). The van der Waals surface area contributed by atoms with Gasteiger partial charge in [-0.25, -0.2) is 4.98 Å². The van der Waals surface area contributed by atoms with Crippen LogP contribution in [-0.2, 0) is 4.79 Å². The van der Waals surface area contributed by atoms with Crippen LogP contribution in [0.25, 0.3) is 0 Å². The molecule has 1 aromatic rings. The Morgan fingerprint density at radius 2 is 2.10 bits per heavy atom. The Kier molecular flexibility index (Phi) is 3.23. The van der Waals surface area contributed by atoms with Gasteiger partial charge >= 0.3 is 6.01 Å². The number of hydrogen-bond donors (Lipinski definition) is 1. The van der Waals surface area contributed by atoms with Gasteiger partial charge in [0.25, 0.3) is 0 Å². The van der Waals surface area contributed by atoms with Gasteiger partial charge in [-0.05, 0) is 25.2 Å². The maximum Gasteiger partial charge on any atom is 0.318 e. The topological polar surface area (TPSA) is 67.3 Å². The first kappa shape index (κ1) is 13.1. The van der Waals surface area contributed by atoms with Crippen LogP contribution >= 0.6 is 0 Å². The second-order valence-electron chi connectivity index (χ2n) is 5.79. The van der Waals surface area contributed by atoms with E-state index in [4.69, 9.17) is 4.74 Å². The van der Waals surface area contributed by atoms with E-state index in [1.165, 1.54) is 0 Å². The fraction of sp³-hybridized carbons (Fsp3) is 0.643. The van der Waals surface area contributed by atoms with Gasteiger partial charge in [-0.15, -0.1) is 0 Å². The molecule has 3 rings (SSSR count). The number of carbonyl (C=O) groups excluding carboxylic acids is 1. The molecule has 0 aromatic carbocycles. The van der Waals surface area contributed by atoms with Crippen molar-refractivity contribution in [3.63, 3.8) is 0 Å². The average Bonchev–Trinajstić information content (AvgIpc) is 2.80. The number of hydrogen-bond acceptors (Lipinski definition) is 5. The van der Waals surface area contributed by atoms with E-state index >= 15 is 0 Å². The second kappa shape index (κ2) is 4.92. The highest BCUT2D eigenvalue weighted by molar-refractivity contribution is 5.79. The SMILES string of the molecule is COc1nc(C)cc(N2CCC3(CC2)CNC(=O)C3)n1. The van der Waals surface area contributed by atoms with Crippen molar-refractivity contribution in [3.05, 3.63) is 11.8 Å². The second-order valence-corrected chi connectivity index (χ2v) is 5.79. The largest absolute Gasteiger partial charge is 0.467 e. The van der Waals surface area contributed by atoms with Gasteiger partial charge in [0, 0.05) is 37.8 Å². The summed E-state index contributed by atoms with van der Waals surface area (Å²) in [4.78, 5) is 22.3. The molecule has 2 aliphatic rings. The highest BCUT2D eigenvalue weighted by atomic mass is 16.5. The third-order valence-corrected chi connectivity index (χ3v) is 4.35. The predicted molar refractivity (Wildman–Crippen MR) is 74.8 cm³/mol. The smallest absolute Gasteiger partial charge is 0.318 e. The highest BCUT2D eigenvalue weighted by Gasteiger charge is 2.41. The van der Waals surface area contributed by atoms with Gasteiger partial charge in [-0.2, -0.15) is 4.98 Å². The highest BCUT2D eigenvalue weighted by Crippen LogP contribution is 2.38. The molecular formula is C14H20N4O2. The fourth-order valence-corrected chi connectivity index (χ4v) is 3.09. The first-order chi connectivity index (χ1) is 9.60. The van der Waals surface area contributed by atoms with E-state index in [0.717, 1.165) is 44.0 Å². The number of ether oxygens (including phenoxy) is 1. The van der Waals surface area contributed by atoms with Crippen molar-refractivity contribution in [2.24, 2.45) is 5.41 Å². The number of carbonyl (C=O) groups is 1. The van der Waals surface area contributed by atoms with E-state index in [9.17, 15) is 4.79 Å². The van der Waals surface area contributed by atoms with E-state index in [2.05, 4.69) is 20.2 Å². The van der Waals surface area contributed by atoms with Crippen LogP contribution in [-0.4, -0.2) is 42.6 Å². The minimum atomic E-state index is 0.166. The number of nitrogens with zero attached hydrogens (tertiary/aromatic N) is 3. The first-order valence-electron chi connectivity index (χ1n) is 7.02. The molecule has 1 aromatic heterocycles. The van der Waals surface area contributed by atoms with E-state index in [0.29, 0.717) is 12.4 Å². The summed E-state index contributed by atoms with van der Waals surface area (Å²) in [5.74, 6) is 1.11. The summed E-state index contributed by atoms with van der Waals surface area (Å²) in [7, 11) is 1.58. The summed E-state index contributed by atoms with van der Waals surface area (Å²) in [6.07, 6.45) is 2.72. The van der Waals surface area contributed by atoms with Crippen LogP contribution < -0.4 is 15.0 Å². The Hall–Kier alpha value is -1.85. The van der Waals surface area contributed by atoms with E-state index in [1.54, 1.807) is 7.11 Å². The Morgan fingerprint density at radius 3 is 2.70 bits per heavy atom. The number of anilines is 1. The zero-order valence-electron chi connectivity index (χ0n) is 12.0. The van der Waals surface area contributed by atoms with Gasteiger partial charge in [0.2, 0.25) is 5.91 Å². The monoisotopic (exact) mass is 276 g/mol. The van der Waals surface area contributed by atoms with Crippen molar-refractivity contribution in [2.45, 2.75) is 26.2 Å². The first-order valence-corrected chi connectivity index (χ1v) is 7.02. The number of methoxy groups -OCH3 is 1. The molecule has 0 unspecified atom stereocenters. The number of aromatic nitrogens is 2. The lowest BCUT2D eigenvalue weighted by Gasteiger charge is -2.38. The molecule has 6 heteroatoms. The molecule has 1 N–H and O–H groups in total. The summed E-state index contributed by atoms with van der Waals surface area (Å²) < 4.78 is 5.13. The van der Waals surface area contributed by atoms with E-state index in [1.807, 2.05) is 13.0 Å². The Labute approximate surface area is 118 Å². The maximum absolute atomic E-state index is 11.4. The van der Waals surface area contributed by atoms with E-state index < -0.39 is 0 Å². The Bertz CT molecular complexity index is 524. The van der Waals surface area contributed by atoms with Gasteiger partial charge in [-0.1, -0.05) is 0 Å². The molecule has 0 aliphatic carbocycles. The van der Waals surface area contributed by atoms with Crippen molar-refractivity contribution in [2.75, 3.05) is 31.6 Å². The summed E-state index contributed by atoms with van der Waals surface area (Å²) in [5.41, 5.74) is 1.07. The zero-order chi connectivity index (χ0) is 14.2. The van der Waals surface area contributed by atoms with E-state index in [-0.39, 0.29) is 11.3 Å². The summed E-state index contributed by atoms with van der Waals surface area (Å²) in [6, 6.07) is 2.40. The molecular weight excluding hydrogens is 256 g/mol. The van der Waals surface area contributed by atoms with Crippen LogP contribution in [0.4, 0.5) is 5.82 Å². The minimum absolute atomic E-state index is 0.166. The summed E-state index contributed by atoms with van der Waals surface area (Å²) in [6.45, 7) is 4.62. The molecule has 3 heterocycles. The van der Waals surface area contributed by atoms with Gasteiger partial charge in [-0.3, -0.25) is 4.79 Å². The molecule has 0 bridgehead atoms. The van der Waals surface area contributed by atoms with Crippen LogP contribution in [0.1, 0.15) is 25.0 Å². The lowest BCUT2D eigenvalue weighted by molar-refractivity contribution is -0.119. The molecule has 1 amide bonds. The number of piperidine rings is 1.